The summed E-state index contributed by atoms with van der Waals surface area (Å²) in [5.74, 6) is -0.639. The van der Waals surface area contributed by atoms with Gasteiger partial charge in [0.1, 0.15) is 11.8 Å². The average Bonchev–Trinajstić information content (AvgIpc) is 2.75. The van der Waals surface area contributed by atoms with E-state index in [1.807, 2.05) is 0 Å². The van der Waals surface area contributed by atoms with Crippen LogP contribution in [0.2, 0.25) is 0 Å². The molecule has 31 heavy (non-hydrogen) atoms. The van der Waals surface area contributed by atoms with Gasteiger partial charge in [-0.25, -0.2) is 4.79 Å². The largest absolute Gasteiger partial charge is 0.497 e. The van der Waals surface area contributed by atoms with Crippen LogP contribution in [-0.4, -0.2) is 54.2 Å². The van der Waals surface area contributed by atoms with E-state index >= 15 is 0 Å². The second-order valence-electron chi connectivity index (χ2n) is 7.55. The van der Waals surface area contributed by atoms with Crippen LogP contribution in [0.3, 0.4) is 0 Å². The average molecular weight is 436 g/mol. The predicted molar refractivity (Wildman–Crippen MR) is 121 cm³/mol. The second-order valence-corrected chi connectivity index (χ2v) is 7.55. The lowest BCUT2D eigenvalue weighted by Crippen LogP contribution is -2.50. The van der Waals surface area contributed by atoms with E-state index in [0.717, 1.165) is 38.5 Å². The summed E-state index contributed by atoms with van der Waals surface area (Å²) in [4.78, 5) is 38.6. The Hall–Kier alpha value is -2.77. The molecule has 1 aromatic carbocycles. The number of amides is 3. The van der Waals surface area contributed by atoms with Crippen molar-refractivity contribution in [3.8, 4) is 5.75 Å². The minimum atomic E-state index is -1.00. The van der Waals surface area contributed by atoms with Crippen molar-refractivity contribution in [1.29, 1.82) is 0 Å². The molecule has 1 aromatic rings. The van der Waals surface area contributed by atoms with E-state index in [1.165, 1.54) is 7.11 Å². The number of aliphatic carboxylic acids is 1. The van der Waals surface area contributed by atoms with E-state index in [1.54, 1.807) is 29.2 Å². The van der Waals surface area contributed by atoms with Gasteiger partial charge in [-0.1, -0.05) is 45.6 Å². The summed E-state index contributed by atoms with van der Waals surface area (Å²) >= 11 is 0. The number of hydrogen-bond acceptors (Lipinski definition) is 4. The number of urea groups is 1. The van der Waals surface area contributed by atoms with E-state index in [-0.39, 0.29) is 18.7 Å². The van der Waals surface area contributed by atoms with Crippen molar-refractivity contribution in [2.24, 2.45) is 0 Å². The maximum atomic E-state index is 13.2. The fourth-order valence-corrected chi connectivity index (χ4v) is 3.21. The Balaban J connectivity index is 2.86. The molecule has 3 amide bonds. The third kappa shape index (κ3) is 10.7. The molecule has 0 aromatic heterocycles. The third-order valence-corrected chi connectivity index (χ3v) is 4.95. The second kappa shape index (κ2) is 15.1. The molecule has 1 rings (SSSR count). The lowest BCUT2D eigenvalue weighted by molar-refractivity contribution is -0.138. The van der Waals surface area contributed by atoms with Crippen LogP contribution < -0.4 is 15.4 Å². The topological polar surface area (TPSA) is 108 Å². The highest BCUT2D eigenvalue weighted by Gasteiger charge is 2.26. The van der Waals surface area contributed by atoms with Gasteiger partial charge in [-0.2, -0.15) is 0 Å². The molecule has 174 valence electrons. The number of unbranched alkanes of at least 4 members (excludes halogenated alkanes) is 4. The number of carbonyl (C=O) groups excluding carboxylic acids is 2. The van der Waals surface area contributed by atoms with E-state index < -0.39 is 18.0 Å². The van der Waals surface area contributed by atoms with Gasteiger partial charge in [0, 0.05) is 31.3 Å². The molecule has 0 unspecified atom stereocenters. The van der Waals surface area contributed by atoms with Crippen molar-refractivity contribution in [2.75, 3.05) is 25.5 Å². The van der Waals surface area contributed by atoms with Crippen LogP contribution in [0.25, 0.3) is 0 Å². The normalized spacial score (nSPS) is 11.5. The van der Waals surface area contributed by atoms with Crippen molar-refractivity contribution in [3.05, 3.63) is 24.3 Å². The molecule has 8 nitrogen and oxygen atoms in total. The van der Waals surface area contributed by atoms with Crippen LogP contribution in [0, 0.1) is 0 Å². The molecule has 0 saturated carbocycles. The van der Waals surface area contributed by atoms with E-state index in [0.29, 0.717) is 24.5 Å². The lowest BCUT2D eigenvalue weighted by atomic mass is 10.1. The minimum absolute atomic E-state index is 0.0394. The van der Waals surface area contributed by atoms with E-state index in [4.69, 9.17) is 9.84 Å². The van der Waals surface area contributed by atoms with E-state index in [2.05, 4.69) is 24.5 Å². The van der Waals surface area contributed by atoms with Gasteiger partial charge in [0.25, 0.3) is 0 Å². The van der Waals surface area contributed by atoms with Crippen molar-refractivity contribution in [1.82, 2.24) is 10.2 Å². The number of carboxylic acids is 1. The molecule has 0 aliphatic heterocycles. The van der Waals surface area contributed by atoms with Gasteiger partial charge < -0.3 is 25.4 Å². The highest BCUT2D eigenvalue weighted by molar-refractivity contribution is 5.94. The summed E-state index contributed by atoms with van der Waals surface area (Å²) in [6.07, 6.45) is 5.72. The zero-order valence-corrected chi connectivity index (χ0v) is 19.0. The first kappa shape index (κ1) is 26.3. The molecule has 0 aliphatic carbocycles. The number of nitrogens with one attached hydrogen (secondary N) is 2. The molecule has 0 radical (unpaired) electrons. The molecule has 3 N–H and O–H groups in total. The maximum Gasteiger partial charge on any atom is 0.319 e. The molecule has 0 aliphatic rings. The molecule has 8 heteroatoms. The number of anilines is 1. The molecule has 1 atom stereocenters. The molecule has 0 bridgehead atoms. The quantitative estimate of drug-likeness (QED) is 0.357. The van der Waals surface area contributed by atoms with Crippen LogP contribution in [0.1, 0.15) is 65.2 Å². The van der Waals surface area contributed by atoms with Gasteiger partial charge in [0.15, 0.2) is 0 Å². The summed E-state index contributed by atoms with van der Waals surface area (Å²) < 4.78 is 5.15. The Labute approximate surface area is 185 Å². The predicted octanol–water partition coefficient (Wildman–Crippen LogP) is 4.26. The fraction of sp³-hybridized carbons (Fsp3) is 0.609. The summed E-state index contributed by atoms with van der Waals surface area (Å²) in [5.41, 5.74) is 0.518. The van der Waals surface area contributed by atoms with Crippen molar-refractivity contribution in [2.45, 2.75) is 71.3 Å². The van der Waals surface area contributed by atoms with Gasteiger partial charge in [0.2, 0.25) is 5.91 Å². The van der Waals surface area contributed by atoms with Crippen LogP contribution in [0.5, 0.6) is 5.75 Å². The number of benzene rings is 1. The summed E-state index contributed by atoms with van der Waals surface area (Å²) in [6, 6.07) is 5.41. The molecular formula is C23H37N3O5. The number of carboxylic acid groups (broad SMARTS) is 1. The Morgan fingerprint density at radius 1 is 1.06 bits per heavy atom. The Morgan fingerprint density at radius 2 is 1.71 bits per heavy atom. The van der Waals surface area contributed by atoms with Gasteiger partial charge >= 0.3 is 12.0 Å². The lowest BCUT2D eigenvalue weighted by Gasteiger charge is -2.28. The number of rotatable bonds is 15. The van der Waals surface area contributed by atoms with Gasteiger partial charge in [0.05, 0.1) is 7.11 Å². The smallest absolute Gasteiger partial charge is 0.319 e. The molecule has 0 saturated heterocycles. The van der Waals surface area contributed by atoms with E-state index in [9.17, 15) is 14.4 Å². The molecule has 0 heterocycles. The van der Waals surface area contributed by atoms with Gasteiger partial charge in [-0.3, -0.25) is 9.59 Å². The summed E-state index contributed by atoms with van der Waals surface area (Å²) in [6.45, 7) is 5.42. The molecule has 0 spiro atoms. The van der Waals surface area contributed by atoms with Crippen molar-refractivity contribution >= 4 is 23.6 Å². The van der Waals surface area contributed by atoms with Gasteiger partial charge in [-0.05, 0) is 31.4 Å². The Morgan fingerprint density at radius 3 is 2.26 bits per heavy atom. The monoisotopic (exact) mass is 435 g/mol. The molecular weight excluding hydrogens is 398 g/mol. The minimum Gasteiger partial charge on any atom is -0.497 e. The van der Waals surface area contributed by atoms with Crippen LogP contribution >= 0.6 is 0 Å². The molecule has 0 fully saturated rings. The summed E-state index contributed by atoms with van der Waals surface area (Å²) in [5, 5.41) is 14.4. The highest BCUT2D eigenvalue weighted by Crippen LogP contribution is 2.17. The summed E-state index contributed by atoms with van der Waals surface area (Å²) in [7, 11) is 1.53. The first-order chi connectivity index (χ1) is 14.9. The number of hydrogen-bond donors (Lipinski definition) is 3. The van der Waals surface area contributed by atoms with Crippen molar-refractivity contribution in [3.63, 3.8) is 0 Å². The van der Waals surface area contributed by atoms with Crippen LogP contribution in [0.15, 0.2) is 24.3 Å². The number of methoxy groups -OCH3 is 1. The zero-order valence-electron chi connectivity index (χ0n) is 19.0. The number of ether oxygens (including phenoxy) is 1. The maximum absolute atomic E-state index is 13.2. The van der Waals surface area contributed by atoms with Crippen molar-refractivity contribution < 1.29 is 24.2 Å². The number of nitrogens with zero attached hydrogens (tertiary/aromatic N) is 1. The Bertz CT molecular complexity index is 686. The van der Waals surface area contributed by atoms with Gasteiger partial charge in [-0.15, -0.1) is 0 Å². The van der Waals surface area contributed by atoms with Crippen LogP contribution in [0.4, 0.5) is 10.5 Å². The third-order valence-electron chi connectivity index (χ3n) is 4.95. The highest BCUT2D eigenvalue weighted by atomic mass is 16.5. The Kier molecular flexibility index (Phi) is 12.8. The standard InChI is InChI=1S/C23H37N3O5/c1-4-6-8-15-26(16-9-7-5-2)22(29)20(13-14-21(27)28)25-23(30)24-18-11-10-12-19(17-18)31-3/h10-12,17,20H,4-9,13-16H2,1-3H3,(H,27,28)(H2,24,25,30)/t20-/m1/s1. The fourth-order valence-electron chi connectivity index (χ4n) is 3.21. The van der Waals surface area contributed by atoms with Crippen LogP contribution in [-0.2, 0) is 9.59 Å². The zero-order chi connectivity index (χ0) is 23.1. The first-order valence-corrected chi connectivity index (χ1v) is 11.1. The first-order valence-electron chi connectivity index (χ1n) is 11.1. The number of carbonyl (C=O) groups is 3. The SMILES string of the molecule is CCCCCN(CCCCC)C(=O)[C@@H](CCC(=O)O)NC(=O)Nc1cccc(OC)c1.